The summed E-state index contributed by atoms with van der Waals surface area (Å²) in [6.45, 7) is 1.83. The van der Waals surface area contributed by atoms with Gasteiger partial charge in [0.15, 0.2) is 26.1 Å². The molecule has 31 heavy (non-hydrogen) atoms. The number of sulfone groups is 1. The number of aromatic nitrogens is 1. The molecule has 0 atom stereocenters. The Bertz CT molecular complexity index is 1370. The van der Waals surface area contributed by atoms with Crippen LogP contribution in [0.3, 0.4) is 0 Å². The highest BCUT2D eigenvalue weighted by Gasteiger charge is 2.21. The molecular formula is C20H18N2O7S2. The Kier molecular flexibility index (Phi) is 5.54. The van der Waals surface area contributed by atoms with Crippen molar-refractivity contribution in [2.24, 2.45) is 4.99 Å². The highest BCUT2D eigenvalue weighted by Crippen LogP contribution is 2.37. The Labute approximate surface area is 181 Å². The van der Waals surface area contributed by atoms with E-state index in [9.17, 15) is 18.0 Å². The number of amides is 1. The lowest BCUT2D eigenvalue weighted by atomic mass is 10.2. The van der Waals surface area contributed by atoms with Crippen LogP contribution in [0.15, 0.2) is 46.3 Å². The van der Waals surface area contributed by atoms with Crippen molar-refractivity contribution in [3.8, 4) is 11.5 Å². The van der Waals surface area contributed by atoms with Crippen LogP contribution in [0.25, 0.3) is 10.2 Å². The second kappa shape index (κ2) is 8.16. The number of thiazole rings is 1. The van der Waals surface area contributed by atoms with Crippen LogP contribution in [0.4, 0.5) is 0 Å². The number of fused-ring (bicyclic) bond motifs is 2. The number of benzene rings is 2. The minimum Gasteiger partial charge on any atom is -0.465 e. The summed E-state index contributed by atoms with van der Waals surface area (Å²) in [5.41, 5.74) is 0.574. The van der Waals surface area contributed by atoms with Gasteiger partial charge in [-0.15, -0.1) is 0 Å². The average Bonchev–Trinajstić information content (AvgIpc) is 3.30. The first kappa shape index (κ1) is 21.1. The first-order valence-electron chi connectivity index (χ1n) is 9.24. The monoisotopic (exact) mass is 462 g/mol. The summed E-state index contributed by atoms with van der Waals surface area (Å²) < 4.78 is 42.3. The molecule has 0 bridgehead atoms. The second-order valence-electron chi connectivity index (χ2n) is 6.63. The fourth-order valence-electron chi connectivity index (χ4n) is 3.15. The maximum atomic E-state index is 12.9. The molecule has 0 aliphatic carbocycles. The molecule has 0 saturated carbocycles. The van der Waals surface area contributed by atoms with E-state index in [1.54, 1.807) is 29.7 Å². The molecule has 1 aliphatic heterocycles. The van der Waals surface area contributed by atoms with Crippen molar-refractivity contribution in [2.75, 3.05) is 19.7 Å². The van der Waals surface area contributed by atoms with Crippen molar-refractivity contribution < 1.29 is 32.2 Å². The van der Waals surface area contributed by atoms with Crippen molar-refractivity contribution in [3.63, 3.8) is 0 Å². The fraction of sp³-hybridized carbons (Fsp3) is 0.250. The maximum Gasteiger partial charge on any atom is 0.326 e. The summed E-state index contributed by atoms with van der Waals surface area (Å²) in [4.78, 5) is 29.4. The topological polar surface area (TPSA) is 113 Å². The van der Waals surface area contributed by atoms with Crippen molar-refractivity contribution in [3.05, 3.63) is 46.8 Å². The summed E-state index contributed by atoms with van der Waals surface area (Å²) in [6.07, 6.45) is 1.03. The molecule has 1 amide bonds. The van der Waals surface area contributed by atoms with Crippen molar-refractivity contribution in [1.82, 2.24) is 4.57 Å². The third-order valence-corrected chi connectivity index (χ3v) is 6.68. The first-order chi connectivity index (χ1) is 14.8. The third-order valence-electron chi connectivity index (χ3n) is 4.48. The molecule has 162 valence electrons. The lowest BCUT2D eigenvalue weighted by molar-refractivity contribution is -0.143. The van der Waals surface area contributed by atoms with E-state index >= 15 is 0 Å². The van der Waals surface area contributed by atoms with Gasteiger partial charge in [-0.05, 0) is 19.1 Å². The number of ether oxygens (including phenoxy) is 3. The average molecular weight is 463 g/mol. The number of esters is 1. The second-order valence-corrected chi connectivity index (χ2v) is 9.63. The van der Waals surface area contributed by atoms with E-state index in [-0.39, 0.29) is 35.2 Å². The number of nitrogens with zero attached hydrogens (tertiary/aromatic N) is 2. The summed E-state index contributed by atoms with van der Waals surface area (Å²) in [5.74, 6) is -0.156. The van der Waals surface area contributed by atoms with Gasteiger partial charge in [0.2, 0.25) is 6.79 Å². The third kappa shape index (κ3) is 4.19. The van der Waals surface area contributed by atoms with Crippen LogP contribution in [0.1, 0.15) is 17.3 Å². The zero-order chi connectivity index (χ0) is 22.2. The van der Waals surface area contributed by atoms with Gasteiger partial charge >= 0.3 is 5.97 Å². The molecular weight excluding hydrogens is 444 g/mol. The minimum atomic E-state index is -3.63. The van der Waals surface area contributed by atoms with Crippen LogP contribution in [0.5, 0.6) is 11.5 Å². The van der Waals surface area contributed by atoms with Crippen molar-refractivity contribution in [2.45, 2.75) is 18.4 Å². The van der Waals surface area contributed by atoms with Gasteiger partial charge in [-0.3, -0.25) is 9.59 Å². The Morgan fingerprint density at radius 3 is 2.61 bits per heavy atom. The van der Waals surface area contributed by atoms with E-state index in [4.69, 9.17) is 14.2 Å². The highest BCUT2D eigenvalue weighted by atomic mass is 32.2. The summed E-state index contributed by atoms with van der Waals surface area (Å²) >= 11 is 1.17. The van der Waals surface area contributed by atoms with Gasteiger partial charge in [-0.25, -0.2) is 8.42 Å². The molecule has 11 heteroatoms. The van der Waals surface area contributed by atoms with Gasteiger partial charge < -0.3 is 18.8 Å². The zero-order valence-corrected chi connectivity index (χ0v) is 18.3. The predicted molar refractivity (Wildman–Crippen MR) is 112 cm³/mol. The van der Waals surface area contributed by atoms with Gasteiger partial charge in [0.1, 0.15) is 6.54 Å². The Morgan fingerprint density at radius 2 is 1.90 bits per heavy atom. The predicted octanol–water partition coefficient (Wildman–Crippen LogP) is 2.14. The first-order valence-corrected chi connectivity index (χ1v) is 12.0. The van der Waals surface area contributed by atoms with E-state index in [1.165, 1.54) is 29.5 Å². The Hall–Kier alpha value is -3.18. The molecule has 2 heterocycles. The Balaban J connectivity index is 1.88. The maximum absolute atomic E-state index is 12.9. The number of hydrogen-bond donors (Lipinski definition) is 0. The van der Waals surface area contributed by atoms with Crippen molar-refractivity contribution >= 4 is 43.3 Å². The molecule has 1 aliphatic rings. The summed E-state index contributed by atoms with van der Waals surface area (Å²) in [5, 5.41) is 0. The molecule has 4 rings (SSSR count). The largest absolute Gasteiger partial charge is 0.465 e. The number of carbonyl (C=O) groups excluding carboxylic acids is 2. The lowest BCUT2D eigenvalue weighted by Gasteiger charge is -2.06. The van der Waals surface area contributed by atoms with Gasteiger partial charge in [0.25, 0.3) is 5.91 Å². The van der Waals surface area contributed by atoms with Crippen LogP contribution in [-0.4, -0.2) is 44.5 Å². The van der Waals surface area contributed by atoms with Crippen LogP contribution in [0.2, 0.25) is 0 Å². The fourth-order valence-corrected chi connectivity index (χ4v) is 5.07. The minimum absolute atomic E-state index is 0.0423. The van der Waals surface area contributed by atoms with E-state index < -0.39 is 21.7 Å². The lowest BCUT2D eigenvalue weighted by Crippen LogP contribution is -2.23. The highest BCUT2D eigenvalue weighted by molar-refractivity contribution is 7.90. The van der Waals surface area contributed by atoms with E-state index in [0.29, 0.717) is 17.0 Å². The zero-order valence-electron chi connectivity index (χ0n) is 16.7. The molecule has 9 nitrogen and oxygen atoms in total. The molecule has 0 spiro atoms. The van der Waals surface area contributed by atoms with E-state index in [1.807, 2.05) is 0 Å². The SMILES string of the molecule is CCOC(=O)Cn1c(=NC(=O)c2ccccc2S(C)(=O)=O)sc2cc3c(cc21)OCO3. The smallest absolute Gasteiger partial charge is 0.326 e. The molecule has 2 aromatic carbocycles. The molecule has 1 aromatic heterocycles. The van der Waals surface area contributed by atoms with E-state index in [0.717, 1.165) is 11.0 Å². The number of rotatable bonds is 5. The number of hydrogen-bond acceptors (Lipinski definition) is 8. The quantitative estimate of drug-likeness (QED) is 0.534. The van der Waals surface area contributed by atoms with Crippen LogP contribution in [0, 0.1) is 0 Å². The molecule has 0 N–H and O–H groups in total. The van der Waals surface area contributed by atoms with Gasteiger partial charge in [-0.2, -0.15) is 4.99 Å². The molecule has 3 aromatic rings. The van der Waals surface area contributed by atoms with Crippen LogP contribution < -0.4 is 14.3 Å². The molecule has 0 unspecified atom stereocenters. The molecule has 0 fully saturated rings. The molecule has 0 saturated heterocycles. The van der Waals surface area contributed by atoms with Gasteiger partial charge in [0, 0.05) is 18.4 Å². The Morgan fingerprint density at radius 1 is 1.19 bits per heavy atom. The van der Waals surface area contributed by atoms with Crippen LogP contribution >= 0.6 is 11.3 Å². The van der Waals surface area contributed by atoms with Gasteiger partial charge in [0.05, 0.1) is 27.3 Å². The van der Waals surface area contributed by atoms with E-state index in [2.05, 4.69) is 4.99 Å². The summed E-state index contributed by atoms with van der Waals surface area (Å²) in [6, 6.07) is 9.32. The van der Waals surface area contributed by atoms with Crippen LogP contribution in [-0.2, 0) is 25.9 Å². The van der Waals surface area contributed by atoms with Crippen molar-refractivity contribution in [1.29, 1.82) is 0 Å². The molecule has 0 radical (unpaired) electrons. The standard InChI is InChI=1S/C20H18N2O7S2/c1-3-27-18(23)10-22-13-8-14-15(29-11-28-14)9-16(13)30-20(22)21-19(24)12-6-4-5-7-17(12)31(2,25)26/h4-9H,3,10-11H2,1-2H3. The van der Waals surface area contributed by atoms with Gasteiger partial charge in [-0.1, -0.05) is 23.5 Å². The normalized spacial score (nSPS) is 13.5. The summed E-state index contributed by atoms with van der Waals surface area (Å²) in [7, 11) is -3.63. The number of carbonyl (C=O) groups is 2.